The highest BCUT2D eigenvalue weighted by atomic mass is 35.5. The summed E-state index contributed by atoms with van der Waals surface area (Å²) in [6.45, 7) is 5.05. The van der Waals surface area contributed by atoms with E-state index in [0.717, 1.165) is 23.7 Å². The standard InChI is InChI=1S/C21H22ClN3O2S/c1-14-3-2-4-16(11-14)24-7-9-25(10-8-24)20(26)13-19-21(27)23-17-12-15(22)5-6-18(17)28-19/h2-6,11-12,19H,7-10,13H2,1H3,(H,23,27). The molecule has 4 rings (SSSR count). The van der Waals surface area contributed by atoms with E-state index in [1.807, 2.05) is 11.0 Å². The molecule has 0 aromatic heterocycles. The smallest absolute Gasteiger partial charge is 0.238 e. The number of benzene rings is 2. The number of rotatable bonds is 3. The molecule has 28 heavy (non-hydrogen) atoms. The molecule has 5 nitrogen and oxygen atoms in total. The molecule has 0 aliphatic carbocycles. The van der Waals surface area contributed by atoms with E-state index in [-0.39, 0.29) is 18.2 Å². The largest absolute Gasteiger partial charge is 0.368 e. The number of amides is 2. The molecule has 0 saturated carbocycles. The molecule has 2 aromatic carbocycles. The molecule has 1 fully saturated rings. The Kier molecular flexibility index (Phi) is 5.51. The number of hydrogen-bond donors (Lipinski definition) is 1. The molecule has 1 saturated heterocycles. The normalized spacial score (nSPS) is 19.2. The number of anilines is 2. The monoisotopic (exact) mass is 415 g/mol. The van der Waals surface area contributed by atoms with Gasteiger partial charge < -0.3 is 15.1 Å². The van der Waals surface area contributed by atoms with Crippen LogP contribution in [0.3, 0.4) is 0 Å². The Morgan fingerprint density at radius 3 is 2.71 bits per heavy atom. The van der Waals surface area contributed by atoms with Crippen molar-refractivity contribution in [3.05, 3.63) is 53.1 Å². The van der Waals surface area contributed by atoms with Crippen LogP contribution in [-0.4, -0.2) is 48.1 Å². The van der Waals surface area contributed by atoms with Crippen LogP contribution >= 0.6 is 23.4 Å². The topological polar surface area (TPSA) is 52.6 Å². The Morgan fingerprint density at radius 2 is 1.96 bits per heavy atom. The van der Waals surface area contributed by atoms with Gasteiger partial charge in [0.15, 0.2) is 0 Å². The van der Waals surface area contributed by atoms with Crippen LogP contribution in [0.5, 0.6) is 0 Å². The highest BCUT2D eigenvalue weighted by Crippen LogP contribution is 2.38. The van der Waals surface area contributed by atoms with Crippen LogP contribution in [0.2, 0.25) is 5.02 Å². The highest BCUT2D eigenvalue weighted by Gasteiger charge is 2.31. The van der Waals surface area contributed by atoms with Gasteiger partial charge >= 0.3 is 0 Å². The number of thioether (sulfide) groups is 1. The summed E-state index contributed by atoms with van der Waals surface area (Å²) in [4.78, 5) is 30.3. The fourth-order valence-corrected chi connectivity index (χ4v) is 4.84. The van der Waals surface area contributed by atoms with Gasteiger partial charge in [0.05, 0.1) is 10.9 Å². The minimum atomic E-state index is -0.407. The number of nitrogens with zero attached hydrogens (tertiary/aromatic N) is 2. The SMILES string of the molecule is Cc1cccc(N2CCN(C(=O)CC3Sc4ccc(Cl)cc4NC3=O)CC2)c1. The molecular weight excluding hydrogens is 394 g/mol. The molecule has 2 heterocycles. The molecular formula is C21H22ClN3O2S. The van der Waals surface area contributed by atoms with E-state index < -0.39 is 5.25 Å². The predicted molar refractivity (Wildman–Crippen MR) is 114 cm³/mol. The van der Waals surface area contributed by atoms with Gasteiger partial charge in [-0.3, -0.25) is 9.59 Å². The maximum absolute atomic E-state index is 12.8. The van der Waals surface area contributed by atoms with E-state index in [1.54, 1.807) is 12.1 Å². The lowest BCUT2D eigenvalue weighted by atomic mass is 10.1. The minimum absolute atomic E-state index is 0.0361. The van der Waals surface area contributed by atoms with Crippen LogP contribution in [0.25, 0.3) is 0 Å². The van der Waals surface area contributed by atoms with Crippen LogP contribution in [0.15, 0.2) is 47.4 Å². The van der Waals surface area contributed by atoms with Gasteiger partial charge in [-0.1, -0.05) is 23.7 Å². The molecule has 7 heteroatoms. The van der Waals surface area contributed by atoms with Crippen LogP contribution < -0.4 is 10.2 Å². The van der Waals surface area contributed by atoms with Crippen molar-refractivity contribution < 1.29 is 9.59 Å². The van der Waals surface area contributed by atoms with E-state index in [9.17, 15) is 9.59 Å². The maximum atomic E-state index is 12.8. The predicted octanol–water partition coefficient (Wildman–Crippen LogP) is 3.80. The van der Waals surface area contributed by atoms with Crippen molar-refractivity contribution in [2.24, 2.45) is 0 Å². The van der Waals surface area contributed by atoms with E-state index in [1.165, 1.54) is 23.0 Å². The minimum Gasteiger partial charge on any atom is -0.368 e. The molecule has 1 unspecified atom stereocenters. The van der Waals surface area contributed by atoms with E-state index in [0.29, 0.717) is 18.1 Å². The Bertz CT molecular complexity index is 912. The third-order valence-corrected chi connectivity index (χ3v) is 6.63. The second-order valence-corrected chi connectivity index (χ2v) is 8.83. The highest BCUT2D eigenvalue weighted by molar-refractivity contribution is 8.01. The van der Waals surface area contributed by atoms with Gasteiger partial charge in [-0.2, -0.15) is 0 Å². The summed E-state index contributed by atoms with van der Waals surface area (Å²) in [5.74, 6) is -0.0968. The van der Waals surface area contributed by atoms with Crippen molar-refractivity contribution in [3.63, 3.8) is 0 Å². The van der Waals surface area contributed by atoms with Gasteiger partial charge in [-0.05, 0) is 42.8 Å². The van der Waals surface area contributed by atoms with Gasteiger partial charge in [-0.25, -0.2) is 0 Å². The molecule has 0 radical (unpaired) electrons. The van der Waals surface area contributed by atoms with Crippen LogP contribution in [-0.2, 0) is 9.59 Å². The van der Waals surface area contributed by atoms with Gasteiger partial charge in [0.25, 0.3) is 0 Å². The van der Waals surface area contributed by atoms with E-state index in [4.69, 9.17) is 11.6 Å². The molecule has 0 spiro atoms. The van der Waals surface area contributed by atoms with Crippen LogP contribution in [0.4, 0.5) is 11.4 Å². The van der Waals surface area contributed by atoms with E-state index >= 15 is 0 Å². The lowest BCUT2D eigenvalue weighted by Gasteiger charge is -2.37. The van der Waals surface area contributed by atoms with Crippen molar-refractivity contribution in [2.75, 3.05) is 36.4 Å². The first-order valence-corrected chi connectivity index (χ1v) is 10.6. The zero-order chi connectivity index (χ0) is 19.7. The average Bonchev–Trinajstić information content (AvgIpc) is 2.69. The fourth-order valence-electron chi connectivity index (χ4n) is 3.58. The molecule has 1 atom stereocenters. The van der Waals surface area contributed by atoms with E-state index in [2.05, 4.69) is 41.4 Å². The van der Waals surface area contributed by atoms with Crippen molar-refractivity contribution >= 4 is 46.6 Å². The number of piperazine rings is 1. The third-order valence-electron chi connectivity index (χ3n) is 5.12. The second kappa shape index (κ2) is 8.05. The molecule has 2 aromatic rings. The Morgan fingerprint density at radius 1 is 1.18 bits per heavy atom. The second-order valence-electron chi connectivity index (χ2n) is 7.15. The first-order chi connectivity index (χ1) is 13.5. The summed E-state index contributed by atoms with van der Waals surface area (Å²) in [5.41, 5.74) is 3.15. The van der Waals surface area contributed by atoms with Gasteiger partial charge in [-0.15, -0.1) is 11.8 Å². The number of halogens is 1. The summed E-state index contributed by atoms with van der Waals surface area (Å²) >= 11 is 7.42. The zero-order valence-electron chi connectivity index (χ0n) is 15.7. The lowest BCUT2D eigenvalue weighted by Crippen LogP contribution is -2.49. The number of nitrogens with one attached hydrogen (secondary N) is 1. The Hall–Kier alpha value is -2.18. The van der Waals surface area contributed by atoms with Gasteiger partial charge in [0.1, 0.15) is 0 Å². The van der Waals surface area contributed by atoms with Crippen molar-refractivity contribution in [1.29, 1.82) is 0 Å². The first-order valence-electron chi connectivity index (χ1n) is 9.36. The van der Waals surface area contributed by atoms with Crippen LogP contribution in [0.1, 0.15) is 12.0 Å². The summed E-state index contributed by atoms with van der Waals surface area (Å²) in [5, 5.41) is 3.05. The van der Waals surface area contributed by atoms with Crippen LogP contribution in [0, 0.1) is 6.92 Å². The number of aryl methyl sites for hydroxylation is 1. The molecule has 2 amide bonds. The number of carbonyl (C=O) groups is 2. The third kappa shape index (κ3) is 4.13. The number of hydrogen-bond acceptors (Lipinski definition) is 4. The fraction of sp³-hybridized carbons (Fsp3) is 0.333. The maximum Gasteiger partial charge on any atom is 0.238 e. The number of carbonyl (C=O) groups excluding carboxylic acids is 2. The lowest BCUT2D eigenvalue weighted by molar-refractivity contribution is -0.132. The molecule has 2 aliphatic heterocycles. The number of fused-ring (bicyclic) bond motifs is 1. The summed E-state index contributed by atoms with van der Waals surface area (Å²) in [6.07, 6.45) is 0.211. The molecule has 2 aliphatic rings. The van der Waals surface area contributed by atoms with Crippen molar-refractivity contribution in [2.45, 2.75) is 23.5 Å². The zero-order valence-corrected chi connectivity index (χ0v) is 17.2. The molecule has 0 bridgehead atoms. The molecule has 146 valence electrons. The summed E-state index contributed by atoms with van der Waals surface area (Å²) < 4.78 is 0. The van der Waals surface area contributed by atoms with Crippen molar-refractivity contribution in [1.82, 2.24) is 4.90 Å². The van der Waals surface area contributed by atoms with Gasteiger partial charge in [0.2, 0.25) is 11.8 Å². The molecule has 1 N–H and O–H groups in total. The summed E-state index contributed by atoms with van der Waals surface area (Å²) in [7, 11) is 0. The quantitative estimate of drug-likeness (QED) is 0.828. The first kappa shape index (κ1) is 19.2. The summed E-state index contributed by atoms with van der Waals surface area (Å²) in [6, 6.07) is 13.9. The van der Waals surface area contributed by atoms with Gasteiger partial charge in [0, 0.05) is 48.2 Å². The Labute approximate surface area is 174 Å². The van der Waals surface area contributed by atoms with Crippen molar-refractivity contribution in [3.8, 4) is 0 Å². The Balaban J connectivity index is 1.35. The average molecular weight is 416 g/mol.